The predicted molar refractivity (Wildman–Crippen MR) is 63.8 cm³/mol. The third kappa shape index (κ3) is 2.38. The summed E-state index contributed by atoms with van der Waals surface area (Å²) >= 11 is 0. The van der Waals surface area contributed by atoms with Gasteiger partial charge in [-0.15, -0.1) is 0 Å². The summed E-state index contributed by atoms with van der Waals surface area (Å²) in [5.74, 6) is 1.89. The molecule has 0 radical (unpaired) electrons. The standard InChI is InChI=1S/C12H18N4O2/c1-8(17)16(10-4-5-13-6-10)7-11-14-12(18-15-11)9-2-3-9/h9-10,13H,2-7H2,1H3. The fraction of sp³-hybridized carbons (Fsp3) is 0.750. The second kappa shape index (κ2) is 4.68. The number of amides is 1. The van der Waals surface area contributed by atoms with Crippen LogP contribution in [-0.4, -0.2) is 40.1 Å². The van der Waals surface area contributed by atoms with Crippen molar-refractivity contribution in [3.8, 4) is 0 Å². The number of carbonyl (C=O) groups excluding carboxylic acids is 1. The zero-order valence-corrected chi connectivity index (χ0v) is 10.6. The lowest BCUT2D eigenvalue weighted by Crippen LogP contribution is -2.39. The molecule has 2 fully saturated rings. The topological polar surface area (TPSA) is 71.3 Å². The Morgan fingerprint density at radius 3 is 2.94 bits per heavy atom. The van der Waals surface area contributed by atoms with Gasteiger partial charge in [-0.1, -0.05) is 5.16 Å². The van der Waals surface area contributed by atoms with Gasteiger partial charge in [0.2, 0.25) is 11.8 Å². The molecule has 0 spiro atoms. The Morgan fingerprint density at radius 2 is 2.33 bits per heavy atom. The van der Waals surface area contributed by atoms with E-state index in [1.807, 2.05) is 4.90 Å². The molecule has 1 aliphatic carbocycles. The van der Waals surface area contributed by atoms with E-state index in [0.717, 1.165) is 38.2 Å². The van der Waals surface area contributed by atoms with Gasteiger partial charge in [-0.2, -0.15) is 4.98 Å². The molecule has 3 rings (SSSR count). The molecular formula is C12H18N4O2. The Hall–Kier alpha value is -1.43. The summed E-state index contributed by atoms with van der Waals surface area (Å²) < 4.78 is 5.22. The van der Waals surface area contributed by atoms with Crippen molar-refractivity contribution in [2.45, 2.75) is 44.7 Å². The summed E-state index contributed by atoms with van der Waals surface area (Å²) in [4.78, 5) is 17.9. The molecule has 2 heterocycles. The van der Waals surface area contributed by atoms with Crippen LogP contribution in [-0.2, 0) is 11.3 Å². The molecule has 0 aromatic carbocycles. The highest BCUT2D eigenvalue weighted by atomic mass is 16.5. The molecule has 1 N–H and O–H groups in total. The molecule has 1 aliphatic heterocycles. The second-order valence-corrected chi connectivity index (χ2v) is 5.12. The Kier molecular flexibility index (Phi) is 3.03. The highest BCUT2D eigenvalue weighted by molar-refractivity contribution is 5.73. The minimum atomic E-state index is 0.0708. The summed E-state index contributed by atoms with van der Waals surface area (Å²) in [6.45, 7) is 3.87. The molecular weight excluding hydrogens is 232 g/mol. The van der Waals surface area contributed by atoms with Crippen LogP contribution in [0.3, 0.4) is 0 Å². The number of nitrogens with zero attached hydrogens (tertiary/aromatic N) is 3. The van der Waals surface area contributed by atoms with Gasteiger partial charge in [-0.25, -0.2) is 0 Å². The average Bonchev–Trinajstić information content (AvgIpc) is 2.89. The Labute approximate surface area is 106 Å². The van der Waals surface area contributed by atoms with Gasteiger partial charge in [0.25, 0.3) is 0 Å². The number of carbonyl (C=O) groups is 1. The van der Waals surface area contributed by atoms with Crippen LogP contribution in [0.25, 0.3) is 0 Å². The molecule has 18 heavy (non-hydrogen) atoms. The number of hydrogen-bond donors (Lipinski definition) is 1. The van der Waals surface area contributed by atoms with E-state index in [-0.39, 0.29) is 11.9 Å². The Morgan fingerprint density at radius 1 is 1.50 bits per heavy atom. The third-order valence-corrected chi connectivity index (χ3v) is 3.60. The van der Waals surface area contributed by atoms with Gasteiger partial charge in [0.1, 0.15) is 0 Å². The van der Waals surface area contributed by atoms with Gasteiger partial charge in [0, 0.05) is 25.4 Å². The van der Waals surface area contributed by atoms with Crippen LogP contribution in [0.5, 0.6) is 0 Å². The normalized spacial score (nSPS) is 23.3. The van der Waals surface area contributed by atoms with Crippen LogP contribution < -0.4 is 5.32 Å². The van der Waals surface area contributed by atoms with Crippen molar-refractivity contribution in [2.24, 2.45) is 0 Å². The lowest BCUT2D eigenvalue weighted by molar-refractivity contribution is -0.131. The largest absolute Gasteiger partial charge is 0.339 e. The predicted octanol–water partition coefficient (Wildman–Crippen LogP) is 0.657. The van der Waals surface area contributed by atoms with E-state index in [9.17, 15) is 4.79 Å². The van der Waals surface area contributed by atoms with E-state index in [1.165, 1.54) is 0 Å². The molecule has 6 nitrogen and oxygen atoms in total. The number of nitrogens with one attached hydrogen (secondary N) is 1. The van der Waals surface area contributed by atoms with Crippen molar-refractivity contribution < 1.29 is 9.32 Å². The van der Waals surface area contributed by atoms with Crippen LogP contribution in [0, 0.1) is 0 Å². The number of rotatable bonds is 4. The molecule has 2 aliphatic rings. The summed E-state index contributed by atoms with van der Waals surface area (Å²) in [5.41, 5.74) is 0. The van der Waals surface area contributed by atoms with Crippen LogP contribution in [0.2, 0.25) is 0 Å². The van der Waals surface area contributed by atoms with Crippen molar-refractivity contribution in [3.05, 3.63) is 11.7 Å². The van der Waals surface area contributed by atoms with Gasteiger partial charge in [0.15, 0.2) is 5.82 Å². The minimum absolute atomic E-state index is 0.0708. The van der Waals surface area contributed by atoms with Crippen molar-refractivity contribution in [2.75, 3.05) is 13.1 Å². The van der Waals surface area contributed by atoms with E-state index < -0.39 is 0 Å². The number of aromatic nitrogens is 2. The van der Waals surface area contributed by atoms with Crippen molar-refractivity contribution in [1.82, 2.24) is 20.4 Å². The van der Waals surface area contributed by atoms with E-state index >= 15 is 0 Å². The smallest absolute Gasteiger partial charge is 0.229 e. The maximum Gasteiger partial charge on any atom is 0.229 e. The fourth-order valence-electron chi connectivity index (χ4n) is 2.38. The van der Waals surface area contributed by atoms with E-state index in [0.29, 0.717) is 18.3 Å². The maximum atomic E-state index is 11.7. The SMILES string of the molecule is CC(=O)N(Cc1noc(C2CC2)n1)C1CCNC1. The Bertz CT molecular complexity index is 435. The minimum Gasteiger partial charge on any atom is -0.339 e. The van der Waals surface area contributed by atoms with E-state index in [1.54, 1.807) is 6.92 Å². The Balaban J connectivity index is 1.68. The first kappa shape index (κ1) is 11.6. The molecule has 1 unspecified atom stereocenters. The lowest BCUT2D eigenvalue weighted by atomic mass is 10.2. The summed E-state index contributed by atoms with van der Waals surface area (Å²) in [5, 5.41) is 7.24. The molecule has 1 atom stereocenters. The zero-order chi connectivity index (χ0) is 12.5. The first-order valence-electron chi connectivity index (χ1n) is 6.54. The highest BCUT2D eigenvalue weighted by Crippen LogP contribution is 2.38. The first-order chi connectivity index (χ1) is 8.74. The monoisotopic (exact) mass is 250 g/mol. The molecule has 1 saturated heterocycles. The van der Waals surface area contributed by atoms with Crippen molar-refractivity contribution in [3.63, 3.8) is 0 Å². The molecule has 98 valence electrons. The van der Waals surface area contributed by atoms with Gasteiger partial charge >= 0.3 is 0 Å². The van der Waals surface area contributed by atoms with Gasteiger partial charge in [-0.05, 0) is 25.8 Å². The molecule has 1 aromatic heterocycles. The lowest BCUT2D eigenvalue weighted by Gasteiger charge is -2.25. The van der Waals surface area contributed by atoms with Gasteiger partial charge < -0.3 is 14.7 Å². The van der Waals surface area contributed by atoms with Gasteiger partial charge in [-0.3, -0.25) is 4.79 Å². The van der Waals surface area contributed by atoms with Crippen molar-refractivity contribution >= 4 is 5.91 Å². The van der Waals surface area contributed by atoms with E-state index in [4.69, 9.17) is 4.52 Å². The molecule has 1 amide bonds. The highest BCUT2D eigenvalue weighted by Gasteiger charge is 2.31. The molecule has 6 heteroatoms. The van der Waals surface area contributed by atoms with Crippen LogP contribution >= 0.6 is 0 Å². The van der Waals surface area contributed by atoms with Crippen molar-refractivity contribution in [1.29, 1.82) is 0 Å². The third-order valence-electron chi connectivity index (χ3n) is 3.60. The second-order valence-electron chi connectivity index (χ2n) is 5.12. The maximum absolute atomic E-state index is 11.7. The quantitative estimate of drug-likeness (QED) is 0.850. The first-order valence-corrected chi connectivity index (χ1v) is 6.54. The molecule has 1 aromatic rings. The summed E-state index contributed by atoms with van der Waals surface area (Å²) in [6, 6.07) is 0.255. The van der Waals surface area contributed by atoms with E-state index in [2.05, 4.69) is 15.5 Å². The van der Waals surface area contributed by atoms with Gasteiger partial charge in [0.05, 0.1) is 6.54 Å². The fourth-order valence-corrected chi connectivity index (χ4v) is 2.38. The molecule has 0 bridgehead atoms. The summed E-state index contributed by atoms with van der Waals surface area (Å²) in [6.07, 6.45) is 3.28. The van der Waals surface area contributed by atoms with Crippen LogP contribution in [0.15, 0.2) is 4.52 Å². The summed E-state index contributed by atoms with van der Waals surface area (Å²) in [7, 11) is 0. The average molecular weight is 250 g/mol. The van der Waals surface area contributed by atoms with Crippen LogP contribution in [0.1, 0.15) is 43.8 Å². The van der Waals surface area contributed by atoms with Crippen LogP contribution in [0.4, 0.5) is 0 Å². The molecule has 1 saturated carbocycles. The zero-order valence-electron chi connectivity index (χ0n) is 10.6. The number of hydrogen-bond acceptors (Lipinski definition) is 5.